The van der Waals surface area contributed by atoms with Gasteiger partial charge in [-0.25, -0.2) is 4.99 Å². The fourth-order valence-corrected chi connectivity index (χ4v) is 1.97. The fraction of sp³-hybridized carbons (Fsp3) is 0.333. The van der Waals surface area contributed by atoms with E-state index in [0.29, 0.717) is 10.7 Å². The minimum absolute atomic E-state index is 0.00773. The number of hydrogen-bond donors (Lipinski definition) is 3. The van der Waals surface area contributed by atoms with Crippen molar-refractivity contribution in [2.45, 2.75) is 13.8 Å². The van der Waals surface area contributed by atoms with Gasteiger partial charge in [-0.2, -0.15) is 4.99 Å². The number of aliphatic imine (C=N–C) groups is 2. The van der Waals surface area contributed by atoms with Crippen LogP contribution in [0.1, 0.15) is 13.8 Å². The highest BCUT2D eigenvalue weighted by molar-refractivity contribution is 6.33. The van der Waals surface area contributed by atoms with E-state index in [1.165, 1.54) is 0 Å². The molecule has 0 spiro atoms. The van der Waals surface area contributed by atoms with Crippen LogP contribution in [0, 0.1) is 0 Å². The Morgan fingerprint density at radius 3 is 2.32 bits per heavy atom. The SMILES string of the molecule is CCN(CC)c1ccc(N=C(N)N=C(N)N)cc1Cl. The van der Waals surface area contributed by atoms with Crippen molar-refractivity contribution in [3.63, 3.8) is 0 Å². The molecule has 0 amide bonds. The summed E-state index contributed by atoms with van der Waals surface area (Å²) in [4.78, 5) is 9.84. The number of rotatable bonds is 4. The summed E-state index contributed by atoms with van der Waals surface area (Å²) < 4.78 is 0. The predicted molar refractivity (Wildman–Crippen MR) is 82.1 cm³/mol. The summed E-state index contributed by atoms with van der Waals surface area (Å²) in [6, 6.07) is 5.44. The van der Waals surface area contributed by atoms with Crippen molar-refractivity contribution < 1.29 is 0 Å². The molecule has 0 radical (unpaired) electrons. The van der Waals surface area contributed by atoms with Crippen LogP contribution in [0.15, 0.2) is 28.2 Å². The van der Waals surface area contributed by atoms with Crippen LogP contribution in [0.2, 0.25) is 5.02 Å². The third kappa shape index (κ3) is 4.33. The highest BCUT2D eigenvalue weighted by Crippen LogP contribution is 2.29. The predicted octanol–water partition coefficient (Wildman–Crippen LogP) is 1.41. The standard InChI is InChI=1S/C12H19ClN6/c1-3-19(4-2)10-6-5-8(7-9(10)13)17-12(16)18-11(14)15/h5-7H,3-4H2,1-2H3,(H6,14,15,16,17,18). The van der Waals surface area contributed by atoms with Gasteiger partial charge in [0.05, 0.1) is 16.4 Å². The molecule has 0 aromatic heterocycles. The molecule has 0 aliphatic carbocycles. The van der Waals surface area contributed by atoms with Gasteiger partial charge in [0.15, 0.2) is 5.96 Å². The minimum atomic E-state index is -0.132. The summed E-state index contributed by atoms with van der Waals surface area (Å²) in [6.45, 7) is 5.91. The van der Waals surface area contributed by atoms with E-state index in [0.717, 1.165) is 18.8 Å². The average Bonchev–Trinajstić information content (AvgIpc) is 2.32. The number of anilines is 1. The number of halogens is 1. The quantitative estimate of drug-likeness (QED) is 0.573. The maximum Gasteiger partial charge on any atom is 0.223 e. The van der Waals surface area contributed by atoms with E-state index in [1.807, 2.05) is 12.1 Å². The van der Waals surface area contributed by atoms with Crippen LogP contribution in [0.3, 0.4) is 0 Å². The molecule has 0 heterocycles. The van der Waals surface area contributed by atoms with Crippen LogP contribution in [-0.4, -0.2) is 25.0 Å². The minimum Gasteiger partial charge on any atom is -0.371 e. The lowest BCUT2D eigenvalue weighted by atomic mass is 10.2. The lowest BCUT2D eigenvalue weighted by molar-refractivity contribution is 0.866. The van der Waals surface area contributed by atoms with Crippen LogP contribution in [0.5, 0.6) is 0 Å². The van der Waals surface area contributed by atoms with E-state index < -0.39 is 0 Å². The first-order valence-corrected chi connectivity index (χ1v) is 6.34. The zero-order valence-corrected chi connectivity index (χ0v) is 11.9. The van der Waals surface area contributed by atoms with Gasteiger partial charge in [0.2, 0.25) is 5.96 Å². The largest absolute Gasteiger partial charge is 0.371 e. The Balaban J connectivity index is 3.03. The van der Waals surface area contributed by atoms with Crippen LogP contribution in [0.25, 0.3) is 0 Å². The molecule has 6 nitrogen and oxygen atoms in total. The molecule has 6 N–H and O–H groups in total. The first-order valence-electron chi connectivity index (χ1n) is 5.96. The lowest BCUT2D eigenvalue weighted by Crippen LogP contribution is -2.26. The van der Waals surface area contributed by atoms with Crippen LogP contribution in [-0.2, 0) is 0 Å². The molecule has 1 aromatic carbocycles. The summed E-state index contributed by atoms with van der Waals surface area (Å²) in [5, 5.41) is 0.613. The van der Waals surface area contributed by atoms with Crippen LogP contribution < -0.4 is 22.1 Å². The molecule has 0 fully saturated rings. The Hall–Kier alpha value is -1.95. The van der Waals surface area contributed by atoms with Crippen molar-refractivity contribution in [3.8, 4) is 0 Å². The zero-order chi connectivity index (χ0) is 14.4. The van der Waals surface area contributed by atoms with E-state index in [1.54, 1.807) is 6.07 Å². The summed E-state index contributed by atoms with van der Waals surface area (Å²) in [5.74, 6) is -0.140. The highest BCUT2D eigenvalue weighted by Gasteiger charge is 2.07. The van der Waals surface area contributed by atoms with E-state index in [-0.39, 0.29) is 11.9 Å². The van der Waals surface area contributed by atoms with Gasteiger partial charge in [-0.3, -0.25) is 0 Å². The lowest BCUT2D eigenvalue weighted by Gasteiger charge is -2.22. The van der Waals surface area contributed by atoms with Gasteiger partial charge < -0.3 is 22.1 Å². The van der Waals surface area contributed by atoms with Gasteiger partial charge in [0, 0.05) is 13.1 Å². The second kappa shape index (κ2) is 6.84. The molecule has 0 atom stereocenters. The monoisotopic (exact) mass is 282 g/mol. The maximum absolute atomic E-state index is 6.23. The summed E-state index contributed by atoms with van der Waals surface area (Å²) in [5.41, 5.74) is 17.5. The third-order valence-electron chi connectivity index (χ3n) is 2.52. The van der Waals surface area contributed by atoms with Crippen molar-refractivity contribution in [3.05, 3.63) is 23.2 Å². The van der Waals surface area contributed by atoms with E-state index in [2.05, 4.69) is 28.7 Å². The first-order chi connectivity index (χ1) is 8.97. The molecule has 0 saturated carbocycles. The van der Waals surface area contributed by atoms with Gasteiger partial charge in [-0.15, -0.1) is 0 Å². The third-order valence-corrected chi connectivity index (χ3v) is 2.83. The van der Waals surface area contributed by atoms with Gasteiger partial charge in [0.25, 0.3) is 0 Å². The molecular weight excluding hydrogens is 264 g/mol. The molecule has 104 valence electrons. The molecule has 0 aliphatic heterocycles. The van der Waals surface area contributed by atoms with Crippen molar-refractivity contribution in [2.24, 2.45) is 27.2 Å². The van der Waals surface area contributed by atoms with Crippen molar-refractivity contribution in [2.75, 3.05) is 18.0 Å². The number of hydrogen-bond acceptors (Lipinski definition) is 2. The topological polar surface area (TPSA) is 106 Å². The normalized spacial score (nSPS) is 11.2. The van der Waals surface area contributed by atoms with Crippen LogP contribution >= 0.6 is 11.6 Å². The van der Waals surface area contributed by atoms with Crippen molar-refractivity contribution >= 4 is 34.9 Å². The highest BCUT2D eigenvalue weighted by atomic mass is 35.5. The van der Waals surface area contributed by atoms with Gasteiger partial charge in [-0.1, -0.05) is 11.6 Å². The van der Waals surface area contributed by atoms with Gasteiger partial charge >= 0.3 is 0 Å². The van der Waals surface area contributed by atoms with Gasteiger partial charge in [0.1, 0.15) is 0 Å². The van der Waals surface area contributed by atoms with E-state index in [4.69, 9.17) is 28.8 Å². The van der Waals surface area contributed by atoms with Crippen molar-refractivity contribution in [1.29, 1.82) is 0 Å². The number of benzene rings is 1. The van der Waals surface area contributed by atoms with E-state index in [9.17, 15) is 0 Å². The maximum atomic E-state index is 6.23. The number of nitrogens with two attached hydrogens (primary N) is 3. The summed E-state index contributed by atoms with van der Waals surface area (Å²) in [7, 11) is 0. The zero-order valence-electron chi connectivity index (χ0n) is 11.1. The first kappa shape index (κ1) is 15.1. The van der Waals surface area contributed by atoms with Crippen molar-refractivity contribution in [1.82, 2.24) is 0 Å². The summed E-state index contributed by atoms with van der Waals surface area (Å²) in [6.07, 6.45) is 0. The molecule has 0 bridgehead atoms. The molecule has 0 aliphatic rings. The Morgan fingerprint density at radius 2 is 1.84 bits per heavy atom. The second-order valence-electron chi connectivity index (χ2n) is 3.81. The smallest absolute Gasteiger partial charge is 0.223 e. The Labute approximate surface area is 117 Å². The molecular formula is C12H19ClN6. The molecule has 1 rings (SSSR count). The molecule has 1 aromatic rings. The van der Waals surface area contributed by atoms with Crippen LogP contribution in [0.4, 0.5) is 11.4 Å². The Kier molecular flexibility index (Phi) is 5.44. The molecule has 0 unspecified atom stereocenters. The summed E-state index contributed by atoms with van der Waals surface area (Å²) >= 11 is 6.23. The van der Waals surface area contributed by atoms with E-state index >= 15 is 0 Å². The second-order valence-corrected chi connectivity index (χ2v) is 4.22. The Morgan fingerprint density at radius 1 is 1.21 bits per heavy atom. The number of nitrogens with zero attached hydrogens (tertiary/aromatic N) is 3. The van der Waals surface area contributed by atoms with Gasteiger partial charge in [-0.05, 0) is 32.0 Å². The number of guanidine groups is 2. The Bertz CT molecular complexity index is 489. The molecule has 7 heteroatoms. The fourth-order valence-electron chi connectivity index (χ4n) is 1.68. The average molecular weight is 283 g/mol. The molecule has 19 heavy (non-hydrogen) atoms. The molecule has 0 saturated heterocycles.